The Kier molecular flexibility index (Phi) is 2.80. The van der Waals surface area contributed by atoms with Gasteiger partial charge in [-0.1, -0.05) is 18.2 Å². The number of nitrogens with zero attached hydrogens (tertiary/aromatic N) is 1. The lowest BCUT2D eigenvalue weighted by molar-refractivity contribution is -0.139. The number of ether oxygens (including phenoxy) is 2. The van der Waals surface area contributed by atoms with Crippen molar-refractivity contribution in [1.29, 1.82) is 0 Å². The zero-order valence-electron chi connectivity index (χ0n) is 11.0. The van der Waals surface area contributed by atoms with Crippen molar-refractivity contribution in [1.82, 2.24) is 10.2 Å². The molecule has 0 amide bonds. The number of benzene rings is 1. The van der Waals surface area contributed by atoms with E-state index in [2.05, 4.69) is 16.3 Å². The van der Waals surface area contributed by atoms with Crippen LogP contribution in [0.15, 0.2) is 30.3 Å². The van der Waals surface area contributed by atoms with Crippen LogP contribution < -0.4 is 5.73 Å². The molecule has 1 unspecified atom stereocenters. The lowest BCUT2D eigenvalue weighted by Crippen LogP contribution is -2.19. The fraction of sp³-hybridized carbons (Fsp3) is 0.357. The predicted molar refractivity (Wildman–Crippen MR) is 72.3 cm³/mol. The maximum absolute atomic E-state index is 5.86. The Hall–Kier alpha value is -1.85. The lowest BCUT2D eigenvalue weighted by Gasteiger charge is -2.17. The molecular weight excluding hydrogens is 242 g/mol. The first-order valence-corrected chi connectivity index (χ1v) is 6.26. The van der Waals surface area contributed by atoms with Crippen molar-refractivity contribution in [2.45, 2.75) is 25.7 Å². The largest absolute Gasteiger partial charge is 0.382 e. The number of nitrogens with two attached hydrogens (primary N) is 1. The molecule has 2 heterocycles. The van der Waals surface area contributed by atoms with Gasteiger partial charge in [0.05, 0.1) is 12.3 Å². The Morgan fingerprint density at radius 3 is 2.84 bits per heavy atom. The smallest absolute Gasteiger partial charge is 0.163 e. The summed E-state index contributed by atoms with van der Waals surface area (Å²) >= 11 is 0. The molecule has 3 rings (SSSR count). The third-order valence-electron chi connectivity index (χ3n) is 3.18. The van der Waals surface area contributed by atoms with Gasteiger partial charge in [-0.2, -0.15) is 5.10 Å². The molecule has 1 aromatic carbocycles. The molecule has 1 fully saturated rings. The van der Waals surface area contributed by atoms with Gasteiger partial charge in [-0.3, -0.25) is 5.10 Å². The number of aromatic amines is 1. The van der Waals surface area contributed by atoms with Gasteiger partial charge in [0.15, 0.2) is 5.79 Å². The van der Waals surface area contributed by atoms with Gasteiger partial charge in [-0.15, -0.1) is 0 Å². The van der Waals surface area contributed by atoms with E-state index in [1.165, 1.54) is 0 Å². The van der Waals surface area contributed by atoms with Crippen LogP contribution in [0.4, 0.5) is 5.82 Å². The number of hydrogen-bond donors (Lipinski definition) is 2. The quantitative estimate of drug-likeness (QED) is 0.869. The van der Waals surface area contributed by atoms with Crippen LogP contribution in [0.25, 0.3) is 11.3 Å². The topological polar surface area (TPSA) is 73.2 Å². The summed E-state index contributed by atoms with van der Waals surface area (Å²) in [5.74, 6) is -0.0268. The van der Waals surface area contributed by atoms with E-state index in [0.717, 1.165) is 16.8 Å². The number of H-pyrrole nitrogens is 1. The number of nitrogens with one attached hydrogen (secondary N) is 1. The molecule has 1 aliphatic rings. The average molecular weight is 259 g/mol. The fourth-order valence-corrected chi connectivity index (χ4v) is 2.24. The average Bonchev–Trinajstić information content (AvgIpc) is 2.96. The molecule has 19 heavy (non-hydrogen) atoms. The molecule has 3 N–H and O–H groups in total. The number of aromatic nitrogens is 2. The second-order valence-corrected chi connectivity index (χ2v) is 5.15. The van der Waals surface area contributed by atoms with Crippen molar-refractivity contribution >= 4 is 5.82 Å². The van der Waals surface area contributed by atoms with E-state index < -0.39 is 5.79 Å². The van der Waals surface area contributed by atoms with Crippen molar-refractivity contribution in [3.8, 4) is 11.3 Å². The fourth-order valence-electron chi connectivity index (χ4n) is 2.24. The van der Waals surface area contributed by atoms with Gasteiger partial charge < -0.3 is 15.2 Å². The first-order chi connectivity index (χ1) is 9.03. The highest BCUT2D eigenvalue weighted by Crippen LogP contribution is 2.34. The normalized spacial score (nSPS) is 21.7. The Morgan fingerprint density at radius 2 is 2.21 bits per heavy atom. The first kappa shape index (κ1) is 12.2. The van der Waals surface area contributed by atoms with Crippen molar-refractivity contribution in [3.05, 3.63) is 35.9 Å². The molecule has 5 heteroatoms. The lowest BCUT2D eigenvalue weighted by atomic mass is 10.0. The summed E-state index contributed by atoms with van der Waals surface area (Å²) in [6.07, 6.45) is -0.0322. The summed E-state index contributed by atoms with van der Waals surface area (Å²) in [7, 11) is 0. The maximum Gasteiger partial charge on any atom is 0.163 e. The van der Waals surface area contributed by atoms with Crippen LogP contribution in [0.1, 0.15) is 25.5 Å². The SMILES string of the molecule is CC1(C)OCC(c2cccc(-c3cc(N)n[nH]3)c2)O1. The van der Waals surface area contributed by atoms with E-state index in [1.54, 1.807) is 0 Å². The standard InChI is InChI=1S/C14H17N3O2/c1-14(2)18-8-12(19-14)10-5-3-4-9(6-10)11-7-13(15)17-16-11/h3-7,12H,8H2,1-2H3,(H3,15,16,17). The minimum Gasteiger partial charge on any atom is -0.382 e. The van der Waals surface area contributed by atoms with Crippen LogP contribution in [0, 0.1) is 0 Å². The summed E-state index contributed by atoms with van der Waals surface area (Å²) in [6, 6.07) is 9.93. The molecule has 0 spiro atoms. The van der Waals surface area contributed by atoms with Gasteiger partial charge in [0, 0.05) is 6.07 Å². The molecule has 1 saturated heterocycles. The number of hydrogen-bond acceptors (Lipinski definition) is 4. The molecule has 5 nitrogen and oxygen atoms in total. The highest BCUT2D eigenvalue weighted by molar-refractivity contribution is 5.62. The Bertz CT molecular complexity index is 592. The van der Waals surface area contributed by atoms with Gasteiger partial charge in [0.2, 0.25) is 0 Å². The molecule has 100 valence electrons. The van der Waals surface area contributed by atoms with E-state index >= 15 is 0 Å². The second kappa shape index (κ2) is 4.36. The molecule has 0 bridgehead atoms. The van der Waals surface area contributed by atoms with Crippen LogP contribution in [-0.2, 0) is 9.47 Å². The molecule has 1 aromatic heterocycles. The van der Waals surface area contributed by atoms with Crippen LogP contribution in [-0.4, -0.2) is 22.6 Å². The summed E-state index contributed by atoms with van der Waals surface area (Å²) in [4.78, 5) is 0. The van der Waals surface area contributed by atoms with Crippen molar-refractivity contribution in [2.75, 3.05) is 12.3 Å². The number of nitrogen functional groups attached to an aromatic ring is 1. The van der Waals surface area contributed by atoms with Crippen molar-refractivity contribution in [3.63, 3.8) is 0 Å². The van der Waals surface area contributed by atoms with Gasteiger partial charge >= 0.3 is 0 Å². The molecular formula is C14H17N3O2. The van der Waals surface area contributed by atoms with Crippen LogP contribution >= 0.6 is 0 Å². The Labute approximate surface area is 111 Å². The molecule has 1 atom stereocenters. The zero-order valence-corrected chi connectivity index (χ0v) is 11.0. The Morgan fingerprint density at radius 1 is 1.37 bits per heavy atom. The minimum absolute atomic E-state index is 0.0322. The van der Waals surface area contributed by atoms with Gasteiger partial charge in [0.25, 0.3) is 0 Å². The third kappa shape index (κ3) is 2.47. The van der Waals surface area contributed by atoms with E-state index in [9.17, 15) is 0 Å². The second-order valence-electron chi connectivity index (χ2n) is 5.15. The molecule has 0 saturated carbocycles. The highest BCUT2D eigenvalue weighted by Gasteiger charge is 2.33. The molecule has 0 radical (unpaired) electrons. The minimum atomic E-state index is -0.515. The zero-order chi connectivity index (χ0) is 13.5. The summed E-state index contributed by atoms with van der Waals surface area (Å²) in [6.45, 7) is 4.42. The van der Waals surface area contributed by atoms with E-state index in [-0.39, 0.29) is 6.10 Å². The summed E-state index contributed by atoms with van der Waals surface area (Å²) in [5, 5.41) is 6.85. The number of anilines is 1. The van der Waals surface area contributed by atoms with E-state index in [1.807, 2.05) is 38.1 Å². The summed E-state index contributed by atoms with van der Waals surface area (Å²) in [5.41, 5.74) is 8.66. The maximum atomic E-state index is 5.86. The van der Waals surface area contributed by atoms with Gasteiger partial charge in [-0.05, 0) is 31.0 Å². The summed E-state index contributed by atoms with van der Waals surface area (Å²) < 4.78 is 11.5. The Balaban J connectivity index is 1.88. The molecule has 1 aliphatic heterocycles. The molecule has 2 aromatic rings. The number of rotatable bonds is 2. The van der Waals surface area contributed by atoms with Crippen molar-refractivity contribution in [2.24, 2.45) is 0 Å². The van der Waals surface area contributed by atoms with Gasteiger partial charge in [-0.25, -0.2) is 0 Å². The van der Waals surface area contributed by atoms with E-state index in [4.69, 9.17) is 15.2 Å². The highest BCUT2D eigenvalue weighted by atomic mass is 16.7. The monoisotopic (exact) mass is 259 g/mol. The first-order valence-electron chi connectivity index (χ1n) is 6.26. The van der Waals surface area contributed by atoms with Crippen molar-refractivity contribution < 1.29 is 9.47 Å². The van der Waals surface area contributed by atoms with Crippen LogP contribution in [0.5, 0.6) is 0 Å². The van der Waals surface area contributed by atoms with E-state index in [0.29, 0.717) is 12.4 Å². The predicted octanol–water partition coefficient (Wildman–Crippen LogP) is 2.48. The molecule has 0 aliphatic carbocycles. The third-order valence-corrected chi connectivity index (χ3v) is 3.18. The van der Waals surface area contributed by atoms with Crippen LogP contribution in [0.3, 0.4) is 0 Å². The van der Waals surface area contributed by atoms with Gasteiger partial charge in [0.1, 0.15) is 11.9 Å². The van der Waals surface area contributed by atoms with Crippen LogP contribution in [0.2, 0.25) is 0 Å².